The van der Waals surface area contributed by atoms with E-state index in [1.54, 1.807) is 0 Å². The molecule has 1 fully saturated rings. The number of nitrogens with one attached hydrogen (secondary N) is 1. The summed E-state index contributed by atoms with van der Waals surface area (Å²) in [6.45, 7) is 3.68. The van der Waals surface area contributed by atoms with Crippen molar-refractivity contribution in [2.24, 2.45) is 0 Å². The van der Waals surface area contributed by atoms with Crippen LogP contribution in [0.4, 0.5) is 5.82 Å². The van der Waals surface area contributed by atoms with Gasteiger partial charge in [-0.1, -0.05) is 19.1 Å². The highest BCUT2D eigenvalue weighted by atomic mass is 16.5. The predicted molar refractivity (Wildman–Crippen MR) is 86.2 cm³/mol. The SMILES string of the molecule is CCc1nc(NC[C@H]2CCCO2)c2oc3ccccc3c2n1. The van der Waals surface area contributed by atoms with E-state index in [9.17, 15) is 0 Å². The van der Waals surface area contributed by atoms with Gasteiger partial charge < -0.3 is 14.5 Å². The monoisotopic (exact) mass is 297 g/mol. The molecule has 3 heterocycles. The number of hydrogen-bond donors (Lipinski definition) is 1. The molecule has 114 valence electrons. The Morgan fingerprint density at radius 2 is 2.18 bits per heavy atom. The van der Waals surface area contributed by atoms with Gasteiger partial charge in [-0.3, -0.25) is 0 Å². The summed E-state index contributed by atoms with van der Waals surface area (Å²) in [5.74, 6) is 1.60. The lowest BCUT2D eigenvalue weighted by Gasteiger charge is -2.11. The minimum absolute atomic E-state index is 0.263. The maximum Gasteiger partial charge on any atom is 0.196 e. The Kier molecular flexibility index (Phi) is 3.42. The van der Waals surface area contributed by atoms with E-state index in [0.717, 1.165) is 66.1 Å². The topological polar surface area (TPSA) is 60.2 Å². The summed E-state index contributed by atoms with van der Waals surface area (Å²) in [7, 11) is 0. The third kappa shape index (κ3) is 2.31. The number of benzene rings is 1. The fraction of sp³-hybridized carbons (Fsp3) is 0.412. The van der Waals surface area contributed by atoms with Crippen molar-refractivity contribution in [2.45, 2.75) is 32.3 Å². The van der Waals surface area contributed by atoms with E-state index in [2.05, 4.69) is 22.2 Å². The number of furan rings is 1. The Morgan fingerprint density at radius 3 is 3.00 bits per heavy atom. The van der Waals surface area contributed by atoms with Crippen molar-refractivity contribution in [1.29, 1.82) is 0 Å². The van der Waals surface area contributed by atoms with Gasteiger partial charge in [0.2, 0.25) is 0 Å². The summed E-state index contributed by atoms with van der Waals surface area (Å²) in [4.78, 5) is 9.25. The van der Waals surface area contributed by atoms with E-state index in [1.165, 1.54) is 0 Å². The third-order valence-electron chi connectivity index (χ3n) is 4.10. The van der Waals surface area contributed by atoms with E-state index in [1.807, 2.05) is 24.3 Å². The standard InChI is InChI=1S/C17H19N3O2/c1-2-14-19-15-12-7-3-4-8-13(12)22-16(15)17(20-14)18-10-11-6-5-9-21-11/h3-4,7-8,11H,2,5-6,9-10H2,1H3,(H,18,19,20)/t11-/m1/s1. The summed E-state index contributed by atoms with van der Waals surface area (Å²) in [5.41, 5.74) is 2.47. The first-order valence-electron chi connectivity index (χ1n) is 7.89. The molecule has 0 aliphatic carbocycles. The highest BCUT2D eigenvalue weighted by molar-refractivity contribution is 6.05. The Balaban J connectivity index is 1.77. The number of anilines is 1. The molecular weight excluding hydrogens is 278 g/mol. The van der Waals surface area contributed by atoms with Crippen LogP contribution in [-0.2, 0) is 11.2 Å². The van der Waals surface area contributed by atoms with Crippen LogP contribution in [0.15, 0.2) is 28.7 Å². The lowest BCUT2D eigenvalue weighted by molar-refractivity contribution is 0.120. The van der Waals surface area contributed by atoms with Crippen LogP contribution in [0.3, 0.4) is 0 Å². The zero-order valence-corrected chi connectivity index (χ0v) is 12.6. The molecule has 1 atom stereocenters. The molecule has 1 N–H and O–H groups in total. The predicted octanol–water partition coefficient (Wildman–Crippen LogP) is 3.53. The second kappa shape index (κ2) is 5.57. The van der Waals surface area contributed by atoms with Crippen molar-refractivity contribution in [2.75, 3.05) is 18.5 Å². The molecule has 5 nitrogen and oxygen atoms in total. The maximum atomic E-state index is 5.97. The third-order valence-corrected chi connectivity index (χ3v) is 4.10. The van der Waals surface area contributed by atoms with E-state index in [4.69, 9.17) is 9.15 Å². The number of aromatic nitrogens is 2. The maximum absolute atomic E-state index is 5.97. The fourth-order valence-electron chi connectivity index (χ4n) is 2.93. The lowest BCUT2D eigenvalue weighted by Crippen LogP contribution is -2.19. The Bertz CT molecular complexity index is 806. The first-order valence-corrected chi connectivity index (χ1v) is 7.89. The van der Waals surface area contributed by atoms with Crippen LogP contribution in [0.2, 0.25) is 0 Å². The van der Waals surface area contributed by atoms with Gasteiger partial charge in [0, 0.05) is 25.0 Å². The summed E-state index contributed by atoms with van der Waals surface area (Å²) in [5, 5.41) is 4.43. The lowest BCUT2D eigenvalue weighted by atomic mass is 10.2. The molecule has 0 unspecified atom stereocenters. The second-order valence-electron chi connectivity index (χ2n) is 5.63. The van der Waals surface area contributed by atoms with Crippen molar-refractivity contribution in [3.63, 3.8) is 0 Å². The van der Waals surface area contributed by atoms with Gasteiger partial charge in [0.1, 0.15) is 16.9 Å². The molecule has 2 aromatic heterocycles. The largest absolute Gasteiger partial charge is 0.450 e. The van der Waals surface area contributed by atoms with Crippen molar-refractivity contribution in [1.82, 2.24) is 9.97 Å². The number of rotatable bonds is 4. The molecule has 0 spiro atoms. The van der Waals surface area contributed by atoms with Gasteiger partial charge in [0.15, 0.2) is 11.4 Å². The molecule has 0 radical (unpaired) electrons. The van der Waals surface area contributed by atoms with E-state index >= 15 is 0 Å². The molecule has 4 rings (SSSR count). The fourth-order valence-corrected chi connectivity index (χ4v) is 2.93. The van der Waals surface area contributed by atoms with Crippen LogP contribution in [0.5, 0.6) is 0 Å². The molecule has 0 amide bonds. The minimum Gasteiger partial charge on any atom is -0.450 e. The highest BCUT2D eigenvalue weighted by Crippen LogP contribution is 2.31. The number of nitrogens with zero attached hydrogens (tertiary/aromatic N) is 2. The molecule has 1 aromatic carbocycles. The molecule has 0 saturated carbocycles. The van der Waals surface area contributed by atoms with Crippen LogP contribution in [0.25, 0.3) is 22.1 Å². The van der Waals surface area contributed by atoms with E-state index in [-0.39, 0.29) is 6.10 Å². The zero-order chi connectivity index (χ0) is 14.9. The van der Waals surface area contributed by atoms with Crippen LogP contribution in [0, 0.1) is 0 Å². The first-order chi connectivity index (χ1) is 10.8. The van der Waals surface area contributed by atoms with Crippen molar-refractivity contribution >= 4 is 27.9 Å². The van der Waals surface area contributed by atoms with Gasteiger partial charge in [-0.05, 0) is 25.0 Å². The van der Waals surface area contributed by atoms with E-state index in [0.29, 0.717) is 0 Å². The van der Waals surface area contributed by atoms with Crippen LogP contribution in [-0.4, -0.2) is 29.2 Å². The summed E-state index contributed by atoms with van der Waals surface area (Å²) < 4.78 is 11.6. The molecule has 3 aromatic rings. The molecule has 0 bridgehead atoms. The highest BCUT2D eigenvalue weighted by Gasteiger charge is 2.18. The number of para-hydroxylation sites is 1. The Labute approximate surface area is 128 Å². The average Bonchev–Trinajstić information content (AvgIpc) is 3.20. The minimum atomic E-state index is 0.263. The van der Waals surface area contributed by atoms with Gasteiger partial charge in [-0.15, -0.1) is 0 Å². The molecular formula is C17H19N3O2. The Morgan fingerprint density at radius 1 is 1.27 bits per heavy atom. The van der Waals surface area contributed by atoms with Crippen LogP contribution >= 0.6 is 0 Å². The van der Waals surface area contributed by atoms with Gasteiger partial charge in [0.25, 0.3) is 0 Å². The van der Waals surface area contributed by atoms with E-state index < -0.39 is 0 Å². The smallest absolute Gasteiger partial charge is 0.196 e. The summed E-state index contributed by atoms with van der Waals surface area (Å²) in [6, 6.07) is 7.98. The molecule has 1 aliphatic rings. The van der Waals surface area contributed by atoms with Gasteiger partial charge in [0.05, 0.1) is 6.10 Å². The first kappa shape index (κ1) is 13.5. The zero-order valence-electron chi connectivity index (χ0n) is 12.6. The number of hydrogen-bond acceptors (Lipinski definition) is 5. The number of aryl methyl sites for hydroxylation is 1. The summed E-state index contributed by atoms with van der Waals surface area (Å²) >= 11 is 0. The van der Waals surface area contributed by atoms with Gasteiger partial charge >= 0.3 is 0 Å². The van der Waals surface area contributed by atoms with Gasteiger partial charge in [-0.2, -0.15) is 0 Å². The molecule has 22 heavy (non-hydrogen) atoms. The molecule has 5 heteroatoms. The normalized spacial score (nSPS) is 18.3. The molecule has 1 saturated heterocycles. The van der Waals surface area contributed by atoms with Crippen LogP contribution < -0.4 is 5.32 Å². The second-order valence-corrected chi connectivity index (χ2v) is 5.63. The quantitative estimate of drug-likeness (QED) is 0.798. The van der Waals surface area contributed by atoms with Crippen molar-refractivity contribution in [3.8, 4) is 0 Å². The number of fused-ring (bicyclic) bond motifs is 3. The Hall–Kier alpha value is -2.14. The van der Waals surface area contributed by atoms with Gasteiger partial charge in [-0.25, -0.2) is 9.97 Å². The molecule has 1 aliphatic heterocycles. The van der Waals surface area contributed by atoms with Crippen molar-refractivity contribution < 1.29 is 9.15 Å². The average molecular weight is 297 g/mol. The van der Waals surface area contributed by atoms with Crippen LogP contribution in [0.1, 0.15) is 25.6 Å². The van der Waals surface area contributed by atoms with Crippen molar-refractivity contribution in [3.05, 3.63) is 30.1 Å². The number of ether oxygens (including phenoxy) is 1. The summed E-state index contributed by atoms with van der Waals surface area (Å²) in [6.07, 6.45) is 3.29.